The van der Waals surface area contributed by atoms with Gasteiger partial charge in [0, 0.05) is 5.69 Å². The van der Waals surface area contributed by atoms with Crippen LogP contribution in [0.4, 0.5) is 0 Å². The molecule has 4 nitrogen and oxygen atoms in total. The van der Waals surface area contributed by atoms with Gasteiger partial charge in [0.15, 0.2) is 6.10 Å². The third-order valence-electron chi connectivity index (χ3n) is 2.64. The minimum atomic E-state index is -0.925. The average Bonchev–Trinajstić information content (AvgIpc) is 2.29. The second-order valence-corrected chi connectivity index (χ2v) is 4.83. The standard InChI is InChI=1S/C14H21NO3/c1-5-11-12(7-6-10(4)15-11)18-13(14(16)17)8-9(2)3/h6-7,9,13H,5,8H2,1-4H3,(H,16,17)/t13-/m1/s1. The van der Waals surface area contributed by atoms with Gasteiger partial charge in [-0.3, -0.25) is 4.98 Å². The van der Waals surface area contributed by atoms with Crippen LogP contribution in [-0.4, -0.2) is 22.2 Å². The van der Waals surface area contributed by atoms with Crippen LogP contribution in [0.25, 0.3) is 0 Å². The van der Waals surface area contributed by atoms with E-state index in [-0.39, 0.29) is 5.92 Å². The summed E-state index contributed by atoms with van der Waals surface area (Å²) in [5.41, 5.74) is 1.72. The van der Waals surface area contributed by atoms with Crippen LogP contribution in [0.2, 0.25) is 0 Å². The fraction of sp³-hybridized carbons (Fsp3) is 0.571. The van der Waals surface area contributed by atoms with Crippen molar-refractivity contribution in [3.8, 4) is 5.75 Å². The number of rotatable bonds is 6. The number of pyridine rings is 1. The summed E-state index contributed by atoms with van der Waals surface area (Å²) >= 11 is 0. The Bertz CT molecular complexity index is 416. The van der Waals surface area contributed by atoms with E-state index >= 15 is 0 Å². The van der Waals surface area contributed by atoms with E-state index in [0.717, 1.165) is 17.8 Å². The Hall–Kier alpha value is -1.58. The predicted molar refractivity (Wildman–Crippen MR) is 69.9 cm³/mol. The van der Waals surface area contributed by atoms with Crippen LogP contribution >= 0.6 is 0 Å². The van der Waals surface area contributed by atoms with E-state index in [4.69, 9.17) is 9.84 Å². The van der Waals surface area contributed by atoms with Gasteiger partial charge in [-0.2, -0.15) is 0 Å². The molecule has 0 bridgehead atoms. The van der Waals surface area contributed by atoms with Gasteiger partial charge in [-0.1, -0.05) is 20.8 Å². The summed E-state index contributed by atoms with van der Waals surface area (Å²) < 4.78 is 5.60. The molecule has 1 aromatic heterocycles. The molecule has 0 radical (unpaired) electrons. The van der Waals surface area contributed by atoms with Gasteiger partial charge in [0.1, 0.15) is 5.75 Å². The lowest BCUT2D eigenvalue weighted by Crippen LogP contribution is -2.29. The minimum Gasteiger partial charge on any atom is -0.479 e. The number of nitrogens with zero attached hydrogens (tertiary/aromatic N) is 1. The summed E-state index contributed by atoms with van der Waals surface area (Å²) in [5, 5.41) is 9.16. The first-order chi connectivity index (χ1) is 8.43. The molecule has 0 aliphatic rings. The van der Waals surface area contributed by atoms with Crippen LogP contribution in [0.3, 0.4) is 0 Å². The fourth-order valence-electron chi connectivity index (χ4n) is 1.74. The molecule has 100 valence electrons. The number of hydrogen-bond acceptors (Lipinski definition) is 3. The number of aliphatic carboxylic acids is 1. The van der Waals surface area contributed by atoms with Gasteiger partial charge in [-0.05, 0) is 37.8 Å². The molecule has 0 aliphatic heterocycles. The molecule has 0 unspecified atom stereocenters. The number of carboxylic acid groups (broad SMARTS) is 1. The minimum absolute atomic E-state index is 0.273. The second kappa shape index (κ2) is 6.38. The number of carbonyl (C=O) groups is 1. The van der Waals surface area contributed by atoms with Gasteiger partial charge in [-0.15, -0.1) is 0 Å². The van der Waals surface area contributed by atoms with Crippen molar-refractivity contribution in [3.63, 3.8) is 0 Å². The smallest absolute Gasteiger partial charge is 0.344 e. The average molecular weight is 251 g/mol. The van der Waals surface area contributed by atoms with Crippen LogP contribution < -0.4 is 4.74 Å². The van der Waals surface area contributed by atoms with E-state index < -0.39 is 12.1 Å². The summed E-state index contributed by atoms with van der Waals surface area (Å²) in [5.74, 6) is -0.0722. The van der Waals surface area contributed by atoms with Gasteiger partial charge in [0.05, 0.1) is 5.69 Å². The molecule has 1 N–H and O–H groups in total. The largest absolute Gasteiger partial charge is 0.479 e. The lowest BCUT2D eigenvalue weighted by molar-refractivity contribution is -0.145. The summed E-state index contributed by atoms with van der Waals surface area (Å²) in [6, 6.07) is 3.64. The highest BCUT2D eigenvalue weighted by atomic mass is 16.5. The monoisotopic (exact) mass is 251 g/mol. The van der Waals surface area contributed by atoms with Crippen LogP contribution in [0, 0.1) is 12.8 Å². The zero-order chi connectivity index (χ0) is 13.7. The van der Waals surface area contributed by atoms with Gasteiger partial charge >= 0.3 is 5.97 Å². The molecular weight excluding hydrogens is 230 g/mol. The lowest BCUT2D eigenvalue weighted by Gasteiger charge is -2.18. The first-order valence-electron chi connectivity index (χ1n) is 6.30. The third-order valence-corrected chi connectivity index (χ3v) is 2.64. The molecule has 0 saturated heterocycles. The number of ether oxygens (including phenoxy) is 1. The van der Waals surface area contributed by atoms with Gasteiger partial charge in [0.2, 0.25) is 0 Å². The van der Waals surface area contributed by atoms with Crippen molar-refractivity contribution in [3.05, 3.63) is 23.5 Å². The third kappa shape index (κ3) is 4.02. The van der Waals surface area contributed by atoms with E-state index in [1.54, 1.807) is 6.07 Å². The molecule has 1 rings (SSSR count). The molecule has 0 spiro atoms. The summed E-state index contributed by atoms with van der Waals surface area (Å²) in [7, 11) is 0. The maximum atomic E-state index is 11.2. The molecule has 0 aromatic carbocycles. The Balaban J connectivity index is 2.89. The Morgan fingerprint density at radius 1 is 1.44 bits per heavy atom. The Kier molecular flexibility index (Phi) is 5.13. The molecule has 1 heterocycles. The molecule has 18 heavy (non-hydrogen) atoms. The molecule has 0 fully saturated rings. The molecule has 0 aliphatic carbocycles. The van der Waals surface area contributed by atoms with E-state index in [1.807, 2.05) is 33.8 Å². The topological polar surface area (TPSA) is 59.4 Å². The summed E-state index contributed by atoms with van der Waals surface area (Å²) in [6.45, 7) is 7.85. The molecule has 0 amide bonds. The molecule has 0 saturated carbocycles. The predicted octanol–water partition coefficient (Wildman–Crippen LogP) is 2.83. The number of aryl methyl sites for hydroxylation is 2. The van der Waals surface area contributed by atoms with E-state index in [9.17, 15) is 4.79 Å². The van der Waals surface area contributed by atoms with Crippen molar-refractivity contribution in [2.45, 2.75) is 46.6 Å². The zero-order valence-corrected chi connectivity index (χ0v) is 11.4. The lowest BCUT2D eigenvalue weighted by atomic mass is 10.1. The highest BCUT2D eigenvalue weighted by molar-refractivity contribution is 5.72. The summed E-state index contributed by atoms with van der Waals surface area (Å²) in [6.07, 6.45) is 0.414. The van der Waals surface area contributed by atoms with Crippen LogP contribution in [0.15, 0.2) is 12.1 Å². The van der Waals surface area contributed by atoms with E-state index in [2.05, 4.69) is 4.98 Å². The summed E-state index contributed by atoms with van der Waals surface area (Å²) in [4.78, 5) is 15.5. The molecule has 4 heteroatoms. The van der Waals surface area contributed by atoms with Crippen molar-refractivity contribution in [1.82, 2.24) is 4.98 Å². The van der Waals surface area contributed by atoms with Crippen molar-refractivity contribution < 1.29 is 14.6 Å². The number of hydrogen-bond donors (Lipinski definition) is 1. The van der Waals surface area contributed by atoms with Gasteiger partial charge in [-0.25, -0.2) is 4.79 Å². The highest BCUT2D eigenvalue weighted by Gasteiger charge is 2.22. The van der Waals surface area contributed by atoms with E-state index in [0.29, 0.717) is 12.2 Å². The van der Waals surface area contributed by atoms with Crippen molar-refractivity contribution >= 4 is 5.97 Å². The Morgan fingerprint density at radius 3 is 2.61 bits per heavy atom. The fourth-order valence-corrected chi connectivity index (χ4v) is 1.74. The second-order valence-electron chi connectivity index (χ2n) is 4.83. The first kappa shape index (κ1) is 14.5. The normalized spacial score (nSPS) is 12.5. The van der Waals surface area contributed by atoms with Gasteiger partial charge < -0.3 is 9.84 Å². The zero-order valence-electron chi connectivity index (χ0n) is 11.4. The van der Waals surface area contributed by atoms with Crippen LogP contribution in [0.5, 0.6) is 5.75 Å². The Labute approximate surface area is 108 Å². The van der Waals surface area contributed by atoms with Crippen molar-refractivity contribution in [2.75, 3.05) is 0 Å². The number of carboxylic acids is 1. The van der Waals surface area contributed by atoms with Crippen molar-refractivity contribution in [2.24, 2.45) is 5.92 Å². The van der Waals surface area contributed by atoms with E-state index in [1.165, 1.54) is 0 Å². The van der Waals surface area contributed by atoms with Crippen molar-refractivity contribution in [1.29, 1.82) is 0 Å². The first-order valence-corrected chi connectivity index (χ1v) is 6.30. The molecule has 1 aromatic rings. The Morgan fingerprint density at radius 2 is 2.11 bits per heavy atom. The maximum Gasteiger partial charge on any atom is 0.344 e. The maximum absolute atomic E-state index is 11.2. The molecular formula is C14H21NO3. The highest BCUT2D eigenvalue weighted by Crippen LogP contribution is 2.21. The van der Waals surface area contributed by atoms with Crippen LogP contribution in [0.1, 0.15) is 38.6 Å². The quantitative estimate of drug-likeness (QED) is 0.844. The molecule has 1 atom stereocenters. The van der Waals surface area contributed by atoms with Crippen LogP contribution in [-0.2, 0) is 11.2 Å². The SMILES string of the molecule is CCc1nc(C)ccc1O[C@H](CC(C)C)C(=O)O. The number of aromatic nitrogens is 1. The van der Waals surface area contributed by atoms with Gasteiger partial charge in [0.25, 0.3) is 0 Å².